The van der Waals surface area contributed by atoms with Gasteiger partial charge in [0.15, 0.2) is 0 Å². The van der Waals surface area contributed by atoms with Crippen molar-refractivity contribution in [2.24, 2.45) is 0 Å². The molecule has 0 spiro atoms. The smallest absolute Gasteiger partial charge is 0.115 e. The van der Waals surface area contributed by atoms with Gasteiger partial charge in [-0.25, -0.2) is 4.98 Å². The standard InChI is InChI=1S/C17H14Cl2N2O/c18-14-6-13(7-15(19)10-14)9-17-20-4-5-21(17)11-12-2-1-3-16(22)8-12/h1-8,10,22H,9,11H2. The van der Waals surface area contributed by atoms with Gasteiger partial charge in [0.25, 0.3) is 0 Å². The van der Waals surface area contributed by atoms with Gasteiger partial charge in [0.2, 0.25) is 0 Å². The number of aromatic hydroxyl groups is 1. The van der Waals surface area contributed by atoms with Crippen molar-refractivity contribution in [1.82, 2.24) is 9.55 Å². The van der Waals surface area contributed by atoms with E-state index in [1.165, 1.54) is 0 Å². The number of halogens is 2. The lowest BCUT2D eigenvalue weighted by molar-refractivity contribution is 0.474. The topological polar surface area (TPSA) is 38.0 Å². The first-order valence-corrected chi connectivity index (χ1v) is 7.58. The van der Waals surface area contributed by atoms with Crippen molar-refractivity contribution < 1.29 is 5.11 Å². The summed E-state index contributed by atoms with van der Waals surface area (Å²) in [6.45, 7) is 0.651. The average Bonchev–Trinajstić information content (AvgIpc) is 2.85. The molecular weight excluding hydrogens is 319 g/mol. The number of aromatic nitrogens is 2. The van der Waals surface area contributed by atoms with E-state index < -0.39 is 0 Å². The molecule has 0 aliphatic carbocycles. The van der Waals surface area contributed by atoms with Gasteiger partial charge in [0.05, 0.1) is 0 Å². The number of phenols is 1. The zero-order valence-corrected chi connectivity index (χ0v) is 13.2. The molecule has 0 saturated carbocycles. The van der Waals surface area contributed by atoms with Crippen molar-refractivity contribution in [2.75, 3.05) is 0 Å². The summed E-state index contributed by atoms with van der Waals surface area (Å²) in [4.78, 5) is 4.40. The normalized spacial score (nSPS) is 10.8. The number of phenolic OH excluding ortho intramolecular Hbond substituents is 1. The number of benzene rings is 2. The van der Waals surface area contributed by atoms with Crippen molar-refractivity contribution in [3.05, 3.63) is 81.9 Å². The van der Waals surface area contributed by atoms with Crippen LogP contribution >= 0.6 is 23.2 Å². The van der Waals surface area contributed by atoms with Crippen molar-refractivity contribution in [2.45, 2.75) is 13.0 Å². The fourth-order valence-corrected chi connectivity index (χ4v) is 2.97. The average molecular weight is 333 g/mol. The Morgan fingerprint density at radius 2 is 1.77 bits per heavy atom. The Kier molecular flexibility index (Phi) is 4.36. The third kappa shape index (κ3) is 3.62. The molecule has 22 heavy (non-hydrogen) atoms. The van der Waals surface area contributed by atoms with E-state index in [1.807, 2.05) is 35.0 Å². The predicted octanol–water partition coefficient (Wildman–Crippen LogP) is 4.53. The van der Waals surface area contributed by atoms with Crippen LogP contribution in [-0.2, 0) is 13.0 Å². The van der Waals surface area contributed by atoms with Crippen LogP contribution in [0.25, 0.3) is 0 Å². The predicted molar refractivity (Wildman–Crippen MR) is 88.7 cm³/mol. The molecule has 0 bridgehead atoms. The SMILES string of the molecule is Oc1cccc(Cn2ccnc2Cc2cc(Cl)cc(Cl)c2)c1. The summed E-state index contributed by atoms with van der Waals surface area (Å²) in [5.41, 5.74) is 2.03. The maximum Gasteiger partial charge on any atom is 0.115 e. The van der Waals surface area contributed by atoms with Gasteiger partial charge in [-0.2, -0.15) is 0 Å². The third-order valence-electron chi connectivity index (χ3n) is 3.35. The Balaban J connectivity index is 1.83. The van der Waals surface area contributed by atoms with Gasteiger partial charge in [-0.1, -0.05) is 35.3 Å². The summed E-state index contributed by atoms with van der Waals surface area (Å²) in [5, 5.41) is 10.8. The summed E-state index contributed by atoms with van der Waals surface area (Å²) in [6.07, 6.45) is 4.34. The summed E-state index contributed by atoms with van der Waals surface area (Å²) in [7, 11) is 0. The number of imidazole rings is 1. The van der Waals surface area contributed by atoms with Crippen LogP contribution in [0.1, 0.15) is 17.0 Å². The van der Waals surface area contributed by atoms with Crippen molar-refractivity contribution in [3.8, 4) is 5.75 Å². The molecule has 112 valence electrons. The molecule has 2 aromatic carbocycles. The molecule has 0 atom stereocenters. The summed E-state index contributed by atoms with van der Waals surface area (Å²) < 4.78 is 2.05. The van der Waals surface area contributed by atoms with Crippen LogP contribution in [-0.4, -0.2) is 14.7 Å². The number of hydrogen-bond donors (Lipinski definition) is 1. The Labute approximate surface area is 138 Å². The maximum absolute atomic E-state index is 9.55. The van der Waals surface area contributed by atoms with Gasteiger partial charge in [0, 0.05) is 35.4 Å². The van der Waals surface area contributed by atoms with Gasteiger partial charge in [0.1, 0.15) is 11.6 Å². The highest BCUT2D eigenvalue weighted by atomic mass is 35.5. The van der Waals surface area contributed by atoms with E-state index in [9.17, 15) is 5.11 Å². The van der Waals surface area contributed by atoms with E-state index in [-0.39, 0.29) is 5.75 Å². The number of rotatable bonds is 4. The molecule has 1 N–H and O–H groups in total. The van der Waals surface area contributed by atoms with E-state index in [0.717, 1.165) is 17.0 Å². The van der Waals surface area contributed by atoms with Crippen molar-refractivity contribution >= 4 is 23.2 Å². The highest BCUT2D eigenvalue weighted by molar-refractivity contribution is 6.34. The fraction of sp³-hybridized carbons (Fsp3) is 0.118. The Hall–Kier alpha value is -1.97. The summed E-state index contributed by atoms with van der Waals surface area (Å²) >= 11 is 12.1. The Morgan fingerprint density at radius 3 is 2.50 bits per heavy atom. The monoisotopic (exact) mass is 332 g/mol. The molecule has 0 amide bonds. The summed E-state index contributed by atoms with van der Waals surface area (Å²) in [5.74, 6) is 1.18. The molecule has 0 radical (unpaired) electrons. The van der Waals surface area contributed by atoms with Crippen LogP contribution in [0.3, 0.4) is 0 Å². The zero-order valence-electron chi connectivity index (χ0n) is 11.7. The molecule has 1 aromatic heterocycles. The first-order valence-electron chi connectivity index (χ1n) is 6.83. The molecule has 5 heteroatoms. The highest BCUT2D eigenvalue weighted by Gasteiger charge is 2.07. The maximum atomic E-state index is 9.55. The van der Waals surface area contributed by atoms with Gasteiger partial charge >= 0.3 is 0 Å². The van der Waals surface area contributed by atoms with Gasteiger partial charge < -0.3 is 9.67 Å². The van der Waals surface area contributed by atoms with Crippen molar-refractivity contribution in [1.29, 1.82) is 0 Å². The lowest BCUT2D eigenvalue weighted by Crippen LogP contribution is -2.05. The lowest BCUT2D eigenvalue weighted by atomic mass is 10.1. The van der Waals surface area contributed by atoms with Gasteiger partial charge in [-0.15, -0.1) is 0 Å². The van der Waals surface area contributed by atoms with Gasteiger partial charge in [-0.05, 0) is 41.5 Å². The molecule has 3 rings (SSSR count). The van der Waals surface area contributed by atoms with Crippen LogP contribution < -0.4 is 0 Å². The van der Waals surface area contributed by atoms with Crippen LogP contribution in [0.5, 0.6) is 5.75 Å². The van der Waals surface area contributed by atoms with Crippen LogP contribution in [0.2, 0.25) is 10.0 Å². The summed E-state index contributed by atoms with van der Waals surface area (Å²) in [6, 6.07) is 12.7. The minimum absolute atomic E-state index is 0.265. The van der Waals surface area contributed by atoms with Crippen LogP contribution in [0.15, 0.2) is 54.9 Å². The fourth-order valence-electron chi connectivity index (χ4n) is 2.40. The minimum Gasteiger partial charge on any atom is -0.508 e. The van der Waals surface area contributed by atoms with E-state index in [4.69, 9.17) is 23.2 Å². The molecule has 0 aliphatic rings. The second kappa shape index (κ2) is 6.42. The first-order chi connectivity index (χ1) is 10.6. The number of nitrogens with zero attached hydrogens (tertiary/aromatic N) is 2. The zero-order chi connectivity index (χ0) is 15.5. The Bertz CT molecular complexity index is 779. The van der Waals surface area contributed by atoms with E-state index in [0.29, 0.717) is 23.0 Å². The molecule has 0 fully saturated rings. The van der Waals surface area contributed by atoms with E-state index in [2.05, 4.69) is 4.98 Å². The van der Waals surface area contributed by atoms with Crippen LogP contribution in [0.4, 0.5) is 0 Å². The first kappa shape index (κ1) is 14.9. The highest BCUT2D eigenvalue weighted by Crippen LogP contribution is 2.21. The number of hydrogen-bond acceptors (Lipinski definition) is 2. The molecular formula is C17H14Cl2N2O. The molecule has 3 aromatic rings. The molecule has 0 saturated heterocycles. The molecule has 0 aliphatic heterocycles. The molecule has 1 heterocycles. The minimum atomic E-state index is 0.265. The Morgan fingerprint density at radius 1 is 1.00 bits per heavy atom. The van der Waals surface area contributed by atoms with Crippen LogP contribution in [0, 0.1) is 0 Å². The molecule has 0 unspecified atom stereocenters. The third-order valence-corrected chi connectivity index (χ3v) is 3.79. The van der Waals surface area contributed by atoms with E-state index in [1.54, 1.807) is 24.4 Å². The molecule has 3 nitrogen and oxygen atoms in total. The second-order valence-corrected chi connectivity index (χ2v) is 5.97. The van der Waals surface area contributed by atoms with E-state index >= 15 is 0 Å². The lowest BCUT2D eigenvalue weighted by Gasteiger charge is -2.09. The van der Waals surface area contributed by atoms with Crippen molar-refractivity contribution in [3.63, 3.8) is 0 Å². The second-order valence-electron chi connectivity index (χ2n) is 5.10. The van der Waals surface area contributed by atoms with Gasteiger partial charge in [-0.3, -0.25) is 0 Å². The largest absolute Gasteiger partial charge is 0.508 e. The quantitative estimate of drug-likeness (QED) is 0.761.